The number of allylic oxidation sites excluding steroid dienone is 5. The smallest absolute Gasteiger partial charge is 0.00708 e. The van der Waals surface area contributed by atoms with Gasteiger partial charge >= 0.3 is 0 Å². The summed E-state index contributed by atoms with van der Waals surface area (Å²) in [4.78, 5) is 0. The third kappa shape index (κ3) is 4.72. The first-order chi connectivity index (χ1) is 6.15. The van der Waals surface area contributed by atoms with Gasteiger partial charge in [-0.05, 0) is 39.2 Å². The van der Waals surface area contributed by atoms with Crippen LogP contribution < -0.4 is 0 Å². The van der Waals surface area contributed by atoms with Crippen molar-refractivity contribution >= 4 is 0 Å². The fourth-order valence-electron chi connectivity index (χ4n) is 1.34. The molecule has 0 atom stereocenters. The minimum absolute atomic E-state index is 1.06. The first-order valence-electron chi connectivity index (χ1n) is 5.08. The number of hydrogen-bond donors (Lipinski definition) is 0. The molecular formula is C13H22. The van der Waals surface area contributed by atoms with Gasteiger partial charge in [0.2, 0.25) is 0 Å². The molecule has 0 heterocycles. The van der Waals surface area contributed by atoms with Crippen LogP contribution in [0, 0.1) is 0 Å². The van der Waals surface area contributed by atoms with Crippen LogP contribution in [0.25, 0.3) is 0 Å². The lowest BCUT2D eigenvalue weighted by Gasteiger charge is -2.07. The third-order valence-electron chi connectivity index (χ3n) is 2.38. The van der Waals surface area contributed by atoms with Gasteiger partial charge in [0, 0.05) is 0 Å². The van der Waals surface area contributed by atoms with Crippen LogP contribution in [0.3, 0.4) is 0 Å². The van der Waals surface area contributed by atoms with Crippen LogP contribution in [0.5, 0.6) is 0 Å². The van der Waals surface area contributed by atoms with E-state index in [9.17, 15) is 0 Å². The largest absolute Gasteiger partial charge is 0.0988 e. The summed E-state index contributed by atoms with van der Waals surface area (Å²) in [7, 11) is 0. The fourth-order valence-corrected chi connectivity index (χ4v) is 1.34. The van der Waals surface area contributed by atoms with E-state index in [1.807, 2.05) is 6.08 Å². The van der Waals surface area contributed by atoms with Crippen molar-refractivity contribution in [2.45, 2.75) is 47.0 Å². The predicted octanol–water partition coefficient (Wildman–Crippen LogP) is 4.65. The van der Waals surface area contributed by atoms with Crippen molar-refractivity contribution in [3.05, 3.63) is 35.5 Å². The lowest BCUT2D eigenvalue weighted by Crippen LogP contribution is -1.87. The van der Waals surface area contributed by atoms with Gasteiger partial charge in [0.05, 0.1) is 0 Å². The Kier molecular flexibility index (Phi) is 6.30. The molecule has 0 aromatic heterocycles. The molecule has 0 aliphatic heterocycles. The molecule has 0 nitrogen and oxygen atoms in total. The molecule has 0 saturated heterocycles. The van der Waals surface area contributed by atoms with Gasteiger partial charge in [0.1, 0.15) is 0 Å². The molecule has 0 saturated carbocycles. The zero-order chi connectivity index (χ0) is 10.3. The van der Waals surface area contributed by atoms with Crippen LogP contribution in [0.15, 0.2) is 35.5 Å². The van der Waals surface area contributed by atoms with E-state index in [4.69, 9.17) is 0 Å². The summed E-state index contributed by atoms with van der Waals surface area (Å²) in [6, 6.07) is 0. The molecule has 0 heteroatoms. The monoisotopic (exact) mass is 178 g/mol. The summed E-state index contributed by atoms with van der Waals surface area (Å²) in [5.41, 5.74) is 4.31. The van der Waals surface area contributed by atoms with Gasteiger partial charge in [-0.2, -0.15) is 0 Å². The molecule has 0 spiro atoms. The zero-order valence-electron chi connectivity index (χ0n) is 9.48. The molecule has 0 aromatic carbocycles. The van der Waals surface area contributed by atoms with Gasteiger partial charge in [0.25, 0.3) is 0 Å². The Morgan fingerprint density at radius 2 is 1.92 bits per heavy atom. The first kappa shape index (κ1) is 12.2. The highest BCUT2D eigenvalue weighted by molar-refractivity contribution is 5.27. The zero-order valence-corrected chi connectivity index (χ0v) is 9.48. The van der Waals surface area contributed by atoms with Crippen molar-refractivity contribution in [2.75, 3.05) is 0 Å². The normalized spacial score (nSPS) is 14.0. The van der Waals surface area contributed by atoms with E-state index in [-0.39, 0.29) is 0 Å². The first-order valence-corrected chi connectivity index (χ1v) is 5.08. The van der Waals surface area contributed by atoms with Gasteiger partial charge in [-0.3, -0.25) is 0 Å². The summed E-state index contributed by atoms with van der Waals surface area (Å²) < 4.78 is 0. The molecule has 13 heavy (non-hydrogen) atoms. The fraction of sp³-hybridized carbons (Fsp3) is 0.538. The summed E-state index contributed by atoms with van der Waals surface area (Å²) in [5, 5.41) is 0. The maximum absolute atomic E-state index is 3.87. The van der Waals surface area contributed by atoms with Crippen molar-refractivity contribution in [1.82, 2.24) is 0 Å². The Hall–Kier alpha value is -0.780. The van der Waals surface area contributed by atoms with Crippen molar-refractivity contribution in [1.29, 1.82) is 0 Å². The summed E-state index contributed by atoms with van der Waals surface area (Å²) >= 11 is 0. The molecular weight excluding hydrogens is 156 g/mol. The van der Waals surface area contributed by atoms with Crippen LogP contribution in [-0.4, -0.2) is 0 Å². The lowest BCUT2D eigenvalue weighted by molar-refractivity contribution is 0.885. The Morgan fingerprint density at radius 3 is 2.31 bits per heavy atom. The number of hydrogen-bond acceptors (Lipinski definition) is 0. The average molecular weight is 178 g/mol. The molecule has 0 bridgehead atoms. The highest BCUT2D eigenvalue weighted by Gasteiger charge is 1.98. The van der Waals surface area contributed by atoms with Crippen LogP contribution >= 0.6 is 0 Å². The van der Waals surface area contributed by atoms with Crippen LogP contribution in [0.1, 0.15) is 47.0 Å². The van der Waals surface area contributed by atoms with Crippen molar-refractivity contribution in [3.63, 3.8) is 0 Å². The van der Waals surface area contributed by atoms with Gasteiger partial charge < -0.3 is 0 Å². The molecule has 74 valence electrons. The highest BCUT2D eigenvalue weighted by atomic mass is 14.0. The topological polar surface area (TPSA) is 0 Å². The second-order valence-electron chi connectivity index (χ2n) is 3.57. The van der Waals surface area contributed by atoms with Gasteiger partial charge in [-0.25, -0.2) is 0 Å². The summed E-state index contributed by atoms with van der Waals surface area (Å²) in [5.74, 6) is 0. The molecule has 0 aromatic rings. The molecule has 0 fully saturated rings. The Morgan fingerprint density at radius 1 is 1.31 bits per heavy atom. The van der Waals surface area contributed by atoms with Crippen LogP contribution in [-0.2, 0) is 0 Å². The molecule has 0 amide bonds. The SMILES string of the molecule is C=CC(C/C(C)=C/C)=C(C)CCC. The van der Waals surface area contributed by atoms with Gasteiger partial charge in [0.15, 0.2) is 0 Å². The highest BCUT2D eigenvalue weighted by Crippen LogP contribution is 2.18. The van der Waals surface area contributed by atoms with E-state index in [0.29, 0.717) is 0 Å². The van der Waals surface area contributed by atoms with Gasteiger partial charge in [-0.15, -0.1) is 0 Å². The van der Waals surface area contributed by atoms with E-state index in [1.54, 1.807) is 0 Å². The van der Waals surface area contributed by atoms with E-state index >= 15 is 0 Å². The van der Waals surface area contributed by atoms with E-state index in [0.717, 1.165) is 6.42 Å². The molecule has 0 aliphatic carbocycles. The average Bonchev–Trinajstić information content (AvgIpc) is 2.14. The van der Waals surface area contributed by atoms with Crippen LogP contribution in [0.4, 0.5) is 0 Å². The van der Waals surface area contributed by atoms with Gasteiger partial charge in [-0.1, -0.05) is 43.2 Å². The Balaban J connectivity index is 4.48. The molecule has 0 N–H and O–H groups in total. The van der Waals surface area contributed by atoms with E-state index in [1.165, 1.54) is 29.6 Å². The van der Waals surface area contributed by atoms with Crippen molar-refractivity contribution < 1.29 is 0 Å². The van der Waals surface area contributed by atoms with Crippen molar-refractivity contribution in [2.24, 2.45) is 0 Å². The Labute approximate surface area is 83.0 Å². The van der Waals surface area contributed by atoms with Crippen LogP contribution in [0.2, 0.25) is 0 Å². The third-order valence-corrected chi connectivity index (χ3v) is 2.38. The number of rotatable bonds is 5. The van der Waals surface area contributed by atoms with E-state index < -0.39 is 0 Å². The maximum atomic E-state index is 3.87. The molecule has 0 radical (unpaired) electrons. The molecule has 0 rings (SSSR count). The molecule has 0 aliphatic rings. The second kappa shape index (κ2) is 6.71. The predicted molar refractivity (Wildman–Crippen MR) is 61.9 cm³/mol. The quantitative estimate of drug-likeness (QED) is 0.425. The second-order valence-corrected chi connectivity index (χ2v) is 3.57. The van der Waals surface area contributed by atoms with E-state index in [2.05, 4.69) is 40.3 Å². The lowest BCUT2D eigenvalue weighted by atomic mass is 9.99. The Bertz CT molecular complexity index is 216. The summed E-state index contributed by atoms with van der Waals surface area (Å²) in [6.45, 7) is 12.6. The minimum Gasteiger partial charge on any atom is -0.0988 e. The molecule has 0 unspecified atom stereocenters. The van der Waals surface area contributed by atoms with Crippen molar-refractivity contribution in [3.8, 4) is 0 Å². The minimum atomic E-state index is 1.06. The summed E-state index contributed by atoms with van der Waals surface area (Å²) in [6.07, 6.45) is 7.64. The maximum Gasteiger partial charge on any atom is -0.00708 e. The standard InChI is InChI=1S/C13H22/c1-6-9-12(5)13(8-3)10-11(4)7-2/h7-8H,3,6,9-10H2,1-2,4-5H3/b11-7+,13-12?.